The normalized spacial score (nSPS) is 20.8. The first-order valence-electron chi connectivity index (χ1n) is 6.95. The van der Waals surface area contributed by atoms with Gasteiger partial charge in [-0.25, -0.2) is 10.9 Å². The predicted octanol–water partition coefficient (Wildman–Crippen LogP) is 3.29. The van der Waals surface area contributed by atoms with E-state index in [4.69, 9.17) is 23.2 Å². The minimum atomic E-state index is -0.135. The molecule has 22 heavy (non-hydrogen) atoms. The van der Waals surface area contributed by atoms with Crippen LogP contribution < -0.4 is 16.2 Å². The largest absolute Gasteiger partial charge is 0.335 e. The van der Waals surface area contributed by atoms with E-state index in [9.17, 15) is 4.79 Å². The van der Waals surface area contributed by atoms with E-state index in [1.807, 2.05) is 24.3 Å². The monoisotopic (exact) mass is 335 g/mol. The molecule has 0 bridgehead atoms. The molecule has 6 heteroatoms. The summed E-state index contributed by atoms with van der Waals surface area (Å²) in [6, 6.07) is 14.6. The number of hydrazine groups is 1. The Morgan fingerprint density at radius 2 is 1.55 bits per heavy atom. The van der Waals surface area contributed by atoms with E-state index in [0.29, 0.717) is 15.6 Å². The molecule has 3 rings (SSSR count). The molecule has 1 aliphatic rings. The second-order valence-corrected chi connectivity index (χ2v) is 6.03. The minimum Gasteiger partial charge on any atom is -0.335 e. The van der Waals surface area contributed by atoms with Gasteiger partial charge in [-0.2, -0.15) is 0 Å². The fourth-order valence-corrected chi connectivity index (χ4v) is 2.66. The highest BCUT2D eigenvalue weighted by Crippen LogP contribution is 2.23. The second kappa shape index (κ2) is 6.67. The molecule has 1 aliphatic heterocycles. The van der Waals surface area contributed by atoms with Crippen molar-refractivity contribution >= 4 is 29.1 Å². The fraction of sp³-hybridized carbons (Fsp3) is 0.188. The van der Waals surface area contributed by atoms with Crippen LogP contribution in [0.2, 0.25) is 10.0 Å². The summed E-state index contributed by atoms with van der Waals surface area (Å²) in [5, 5.41) is 4.27. The topological polar surface area (TPSA) is 53.2 Å². The molecule has 1 heterocycles. The lowest BCUT2D eigenvalue weighted by atomic mass is 10.0. The number of amides is 1. The molecular weight excluding hydrogens is 321 g/mol. The van der Waals surface area contributed by atoms with Gasteiger partial charge >= 0.3 is 0 Å². The minimum absolute atomic E-state index is 0.132. The third kappa shape index (κ3) is 3.59. The summed E-state index contributed by atoms with van der Waals surface area (Å²) < 4.78 is 0. The summed E-state index contributed by atoms with van der Waals surface area (Å²) >= 11 is 11.7. The zero-order valence-corrected chi connectivity index (χ0v) is 13.2. The van der Waals surface area contributed by atoms with Gasteiger partial charge in [0.2, 0.25) is 0 Å². The van der Waals surface area contributed by atoms with E-state index in [1.165, 1.54) is 0 Å². The Hall–Kier alpha value is -1.59. The van der Waals surface area contributed by atoms with Crippen molar-refractivity contribution in [3.8, 4) is 0 Å². The average molecular weight is 336 g/mol. The highest BCUT2D eigenvalue weighted by molar-refractivity contribution is 6.30. The molecule has 3 N–H and O–H groups in total. The Kier molecular flexibility index (Phi) is 4.64. The molecule has 0 saturated carbocycles. The molecule has 4 nitrogen and oxygen atoms in total. The molecule has 1 saturated heterocycles. The number of carbonyl (C=O) groups is 1. The van der Waals surface area contributed by atoms with Crippen molar-refractivity contribution in [3.63, 3.8) is 0 Å². The number of benzene rings is 2. The molecule has 0 radical (unpaired) electrons. The van der Waals surface area contributed by atoms with Gasteiger partial charge in [-0.15, -0.1) is 0 Å². The van der Waals surface area contributed by atoms with Gasteiger partial charge in [-0.05, 0) is 42.0 Å². The number of hydrogen-bond acceptors (Lipinski definition) is 3. The highest BCUT2D eigenvalue weighted by Gasteiger charge is 2.26. The maximum absolute atomic E-state index is 12.2. The van der Waals surface area contributed by atoms with Crippen molar-refractivity contribution in [2.45, 2.75) is 18.6 Å². The van der Waals surface area contributed by atoms with Crippen molar-refractivity contribution in [3.05, 3.63) is 69.7 Å². The molecule has 0 aliphatic carbocycles. The van der Waals surface area contributed by atoms with E-state index < -0.39 is 0 Å². The van der Waals surface area contributed by atoms with Gasteiger partial charge in [0.1, 0.15) is 0 Å². The van der Waals surface area contributed by atoms with Gasteiger partial charge in [-0.1, -0.05) is 35.3 Å². The van der Waals surface area contributed by atoms with E-state index in [1.54, 1.807) is 24.3 Å². The number of carbonyl (C=O) groups excluding carboxylic acids is 1. The smallest absolute Gasteiger partial charge is 0.252 e. The van der Waals surface area contributed by atoms with E-state index in [0.717, 1.165) is 12.0 Å². The maximum atomic E-state index is 12.2. The van der Waals surface area contributed by atoms with Crippen LogP contribution in [0.4, 0.5) is 0 Å². The standard InChI is InChI=1S/C16H15Cl2N3O/c17-12-5-1-10(2-6-12)14-9-15(21-20-14)19-16(22)11-3-7-13(18)8-4-11/h1-8,14-15,20-21H,9H2,(H,19,22). The van der Waals surface area contributed by atoms with E-state index in [2.05, 4.69) is 16.2 Å². The Morgan fingerprint density at radius 1 is 0.955 bits per heavy atom. The number of halogens is 2. The van der Waals surface area contributed by atoms with Gasteiger partial charge in [0.25, 0.3) is 5.91 Å². The van der Waals surface area contributed by atoms with Gasteiger partial charge < -0.3 is 5.32 Å². The van der Waals surface area contributed by atoms with Crippen LogP contribution in [-0.2, 0) is 0 Å². The van der Waals surface area contributed by atoms with Crippen molar-refractivity contribution in [2.24, 2.45) is 0 Å². The molecule has 1 amide bonds. The first-order valence-corrected chi connectivity index (χ1v) is 7.70. The first-order chi connectivity index (χ1) is 10.6. The number of nitrogens with one attached hydrogen (secondary N) is 3. The lowest BCUT2D eigenvalue weighted by Gasteiger charge is -2.12. The summed E-state index contributed by atoms with van der Waals surface area (Å²) in [7, 11) is 0. The van der Waals surface area contributed by atoms with Gasteiger partial charge in [0.15, 0.2) is 0 Å². The molecule has 2 aromatic carbocycles. The van der Waals surface area contributed by atoms with Crippen LogP contribution in [0, 0.1) is 0 Å². The molecule has 2 unspecified atom stereocenters. The lowest BCUT2D eigenvalue weighted by molar-refractivity contribution is 0.0932. The van der Waals surface area contributed by atoms with Crippen molar-refractivity contribution < 1.29 is 4.79 Å². The van der Waals surface area contributed by atoms with Crippen LogP contribution >= 0.6 is 23.2 Å². The molecule has 0 spiro atoms. The summed E-state index contributed by atoms with van der Waals surface area (Å²) in [6.45, 7) is 0. The third-order valence-electron chi connectivity index (χ3n) is 3.59. The number of hydrogen-bond donors (Lipinski definition) is 3. The second-order valence-electron chi connectivity index (χ2n) is 5.16. The zero-order chi connectivity index (χ0) is 15.5. The van der Waals surface area contributed by atoms with Crippen LogP contribution in [0.1, 0.15) is 28.4 Å². The SMILES string of the molecule is O=C(NC1CC(c2ccc(Cl)cc2)NN1)c1ccc(Cl)cc1. The van der Waals surface area contributed by atoms with Crippen molar-refractivity contribution in [1.82, 2.24) is 16.2 Å². The zero-order valence-electron chi connectivity index (χ0n) is 11.6. The van der Waals surface area contributed by atoms with Crippen LogP contribution in [0.25, 0.3) is 0 Å². The van der Waals surface area contributed by atoms with E-state index in [-0.39, 0.29) is 18.1 Å². The average Bonchev–Trinajstić information content (AvgIpc) is 2.97. The third-order valence-corrected chi connectivity index (χ3v) is 4.09. The summed E-state index contributed by atoms with van der Waals surface area (Å²) in [4.78, 5) is 12.2. The predicted molar refractivity (Wildman–Crippen MR) is 87.8 cm³/mol. The van der Waals surface area contributed by atoms with Crippen LogP contribution in [0.5, 0.6) is 0 Å². The van der Waals surface area contributed by atoms with Gasteiger partial charge in [-0.3, -0.25) is 4.79 Å². The maximum Gasteiger partial charge on any atom is 0.252 e. The Morgan fingerprint density at radius 3 is 2.18 bits per heavy atom. The van der Waals surface area contributed by atoms with E-state index >= 15 is 0 Å². The van der Waals surface area contributed by atoms with Crippen LogP contribution in [0.15, 0.2) is 48.5 Å². The van der Waals surface area contributed by atoms with Crippen LogP contribution in [-0.4, -0.2) is 12.1 Å². The highest BCUT2D eigenvalue weighted by atomic mass is 35.5. The molecule has 1 fully saturated rings. The molecule has 2 atom stereocenters. The Bertz CT molecular complexity index is 658. The Labute approximate surface area is 138 Å². The molecular formula is C16H15Cl2N3O. The lowest BCUT2D eigenvalue weighted by Crippen LogP contribution is -2.44. The molecule has 0 aromatic heterocycles. The quantitative estimate of drug-likeness (QED) is 0.806. The fourth-order valence-electron chi connectivity index (χ4n) is 2.41. The molecule has 2 aromatic rings. The van der Waals surface area contributed by atoms with Gasteiger partial charge in [0.05, 0.1) is 6.17 Å². The first kappa shape index (κ1) is 15.3. The summed E-state index contributed by atoms with van der Waals surface area (Å²) in [5.41, 5.74) is 7.98. The summed E-state index contributed by atoms with van der Waals surface area (Å²) in [6.07, 6.45) is 0.616. The van der Waals surface area contributed by atoms with Crippen LogP contribution in [0.3, 0.4) is 0 Å². The molecule has 114 valence electrons. The summed E-state index contributed by atoms with van der Waals surface area (Å²) in [5.74, 6) is -0.132. The van der Waals surface area contributed by atoms with Crippen molar-refractivity contribution in [2.75, 3.05) is 0 Å². The number of rotatable bonds is 3. The van der Waals surface area contributed by atoms with Crippen molar-refractivity contribution in [1.29, 1.82) is 0 Å². The Balaban J connectivity index is 1.59. The van der Waals surface area contributed by atoms with Gasteiger partial charge in [0, 0.05) is 28.1 Å².